The Bertz CT molecular complexity index is 446. The van der Waals surface area contributed by atoms with Gasteiger partial charge in [-0.1, -0.05) is 42.6 Å². The number of aromatic nitrogens is 2. The number of hydrogen-bond donors (Lipinski definition) is 0. The van der Waals surface area contributed by atoms with Crippen molar-refractivity contribution < 1.29 is 0 Å². The van der Waals surface area contributed by atoms with Crippen molar-refractivity contribution in [3.8, 4) is 0 Å². The molecule has 1 saturated carbocycles. The second-order valence-electron chi connectivity index (χ2n) is 5.04. The zero-order valence-electron chi connectivity index (χ0n) is 10.7. The Labute approximate surface area is 117 Å². The van der Waals surface area contributed by atoms with Gasteiger partial charge in [0.1, 0.15) is 11.0 Å². The van der Waals surface area contributed by atoms with Crippen molar-refractivity contribution in [2.24, 2.45) is 0 Å². The fourth-order valence-corrected chi connectivity index (χ4v) is 3.73. The highest BCUT2D eigenvalue weighted by molar-refractivity contribution is 7.98. The van der Waals surface area contributed by atoms with Crippen LogP contribution in [0.25, 0.3) is 0 Å². The number of fused-ring (bicyclic) bond motifs is 1. The highest BCUT2D eigenvalue weighted by Crippen LogP contribution is 2.36. The molecule has 0 amide bonds. The largest absolute Gasteiger partial charge is 0.353 e. The van der Waals surface area contributed by atoms with Gasteiger partial charge in [-0.25, -0.2) is 9.97 Å². The van der Waals surface area contributed by atoms with Gasteiger partial charge in [-0.2, -0.15) is 0 Å². The van der Waals surface area contributed by atoms with Gasteiger partial charge >= 0.3 is 0 Å². The highest BCUT2D eigenvalue weighted by Gasteiger charge is 2.30. The molecule has 18 heavy (non-hydrogen) atoms. The molecule has 3 nitrogen and oxygen atoms in total. The Kier molecular flexibility index (Phi) is 3.66. The van der Waals surface area contributed by atoms with Crippen LogP contribution < -0.4 is 4.90 Å². The van der Waals surface area contributed by atoms with Crippen LogP contribution >= 0.6 is 23.4 Å². The van der Waals surface area contributed by atoms with E-state index in [1.54, 1.807) is 11.8 Å². The van der Waals surface area contributed by atoms with Gasteiger partial charge in [0.25, 0.3) is 0 Å². The van der Waals surface area contributed by atoms with Crippen LogP contribution in [-0.4, -0.2) is 28.8 Å². The Morgan fingerprint density at radius 2 is 2.00 bits per heavy atom. The zero-order valence-corrected chi connectivity index (χ0v) is 12.2. The monoisotopic (exact) mass is 283 g/mol. The van der Waals surface area contributed by atoms with Gasteiger partial charge in [0.2, 0.25) is 0 Å². The van der Waals surface area contributed by atoms with Crippen molar-refractivity contribution in [2.45, 2.75) is 49.7 Å². The summed E-state index contributed by atoms with van der Waals surface area (Å²) in [6.45, 7) is 1.06. The molecule has 3 rings (SSSR count). The number of thioether (sulfide) groups is 1. The Hall–Kier alpha value is -0.480. The fourth-order valence-electron chi connectivity index (χ4n) is 3.06. The molecule has 0 radical (unpaired) electrons. The van der Waals surface area contributed by atoms with E-state index in [-0.39, 0.29) is 0 Å². The number of rotatable bonds is 2. The second-order valence-corrected chi connectivity index (χ2v) is 6.17. The van der Waals surface area contributed by atoms with E-state index < -0.39 is 0 Å². The summed E-state index contributed by atoms with van der Waals surface area (Å²) < 4.78 is 0. The van der Waals surface area contributed by atoms with Crippen molar-refractivity contribution in [1.29, 1.82) is 0 Å². The van der Waals surface area contributed by atoms with E-state index in [1.807, 2.05) is 6.26 Å². The first kappa shape index (κ1) is 12.5. The normalized spacial score (nSPS) is 20.2. The molecule has 0 N–H and O–H groups in total. The quantitative estimate of drug-likeness (QED) is 0.472. The van der Waals surface area contributed by atoms with E-state index in [9.17, 15) is 0 Å². The first-order chi connectivity index (χ1) is 8.79. The first-order valence-corrected chi connectivity index (χ1v) is 8.27. The maximum absolute atomic E-state index is 6.27. The summed E-state index contributed by atoms with van der Waals surface area (Å²) in [6, 6.07) is 0.667. The SMILES string of the molecule is CSc1nc(Cl)c2c(n1)N(C1CCCCC1)CC2. The molecule has 1 aromatic rings. The summed E-state index contributed by atoms with van der Waals surface area (Å²) in [7, 11) is 0. The average Bonchev–Trinajstić information content (AvgIpc) is 2.84. The summed E-state index contributed by atoms with van der Waals surface area (Å²) >= 11 is 7.83. The summed E-state index contributed by atoms with van der Waals surface area (Å²) in [4.78, 5) is 11.5. The van der Waals surface area contributed by atoms with Crippen LogP contribution in [-0.2, 0) is 6.42 Å². The van der Waals surface area contributed by atoms with E-state index in [4.69, 9.17) is 11.6 Å². The third-order valence-corrected chi connectivity index (χ3v) is 4.85. The molecule has 0 aromatic carbocycles. The molecule has 2 aliphatic rings. The standard InChI is InChI=1S/C13H18ClN3S/c1-18-13-15-11(14)10-7-8-17(12(10)16-13)9-5-3-2-4-6-9/h9H,2-8H2,1H3. The number of nitrogens with zero attached hydrogens (tertiary/aromatic N) is 3. The third-order valence-electron chi connectivity index (χ3n) is 3.99. The molecular formula is C13H18ClN3S. The van der Waals surface area contributed by atoms with Crippen molar-refractivity contribution >= 4 is 29.2 Å². The third kappa shape index (κ3) is 2.21. The van der Waals surface area contributed by atoms with Crippen LogP contribution in [0.1, 0.15) is 37.7 Å². The molecule has 0 spiro atoms. The molecule has 1 aliphatic heterocycles. The van der Waals surface area contributed by atoms with E-state index in [0.717, 1.165) is 29.5 Å². The minimum Gasteiger partial charge on any atom is -0.353 e. The lowest BCUT2D eigenvalue weighted by atomic mass is 9.94. The van der Waals surface area contributed by atoms with Gasteiger partial charge in [0, 0.05) is 18.2 Å². The molecule has 1 aromatic heterocycles. The molecule has 0 unspecified atom stereocenters. The minimum absolute atomic E-state index is 0.655. The lowest BCUT2D eigenvalue weighted by Gasteiger charge is -2.32. The Balaban J connectivity index is 1.92. The van der Waals surface area contributed by atoms with E-state index in [2.05, 4.69) is 14.9 Å². The molecule has 0 atom stereocenters. The van der Waals surface area contributed by atoms with E-state index in [1.165, 1.54) is 32.1 Å². The molecule has 2 heterocycles. The van der Waals surface area contributed by atoms with Crippen LogP contribution in [0.15, 0.2) is 5.16 Å². The summed E-state index contributed by atoms with van der Waals surface area (Å²) in [5.74, 6) is 1.10. The second kappa shape index (κ2) is 5.25. The molecule has 1 fully saturated rings. The van der Waals surface area contributed by atoms with Crippen LogP contribution in [0.2, 0.25) is 5.15 Å². The number of anilines is 1. The number of halogens is 1. The summed E-state index contributed by atoms with van der Waals surface area (Å²) in [6.07, 6.45) is 9.69. The fraction of sp³-hybridized carbons (Fsp3) is 0.692. The van der Waals surface area contributed by atoms with Crippen molar-refractivity contribution in [3.63, 3.8) is 0 Å². The van der Waals surface area contributed by atoms with E-state index >= 15 is 0 Å². The molecule has 0 bridgehead atoms. The van der Waals surface area contributed by atoms with Gasteiger partial charge in [-0.05, 0) is 25.5 Å². The predicted molar refractivity (Wildman–Crippen MR) is 76.7 cm³/mol. The zero-order chi connectivity index (χ0) is 12.5. The molecule has 1 aliphatic carbocycles. The van der Waals surface area contributed by atoms with Crippen molar-refractivity contribution in [1.82, 2.24) is 9.97 Å². The summed E-state index contributed by atoms with van der Waals surface area (Å²) in [5, 5.41) is 1.45. The first-order valence-electron chi connectivity index (χ1n) is 6.66. The van der Waals surface area contributed by atoms with Crippen LogP contribution in [0, 0.1) is 0 Å². The summed E-state index contributed by atoms with van der Waals surface area (Å²) in [5.41, 5.74) is 1.15. The lowest BCUT2D eigenvalue weighted by molar-refractivity contribution is 0.418. The van der Waals surface area contributed by atoms with Crippen molar-refractivity contribution in [3.05, 3.63) is 10.7 Å². The predicted octanol–water partition coefficient (Wildman–Crippen LogP) is 3.55. The molecule has 5 heteroatoms. The lowest BCUT2D eigenvalue weighted by Crippen LogP contribution is -2.35. The van der Waals surface area contributed by atoms with Crippen LogP contribution in [0.4, 0.5) is 5.82 Å². The van der Waals surface area contributed by atoms with Crippen LogP contribution in [0.3, 0.4) is 0 Å². The minimum atomic E-state index is 0.655. The maximum atomic E-state index is 6.27. The molecular weight excluding hydrogens is 266 g/mol. The topological polar surface area (TPSA) is 29.0 Å². The maximum Gasteiger partial charge on any atom is 0.190 e. The van der Waals surface area contributed by atoms with Crippen LogP contribution in [0.5, 0.6) is 0 Å². The van der Waals surface area contributed by atoms with E-state index in [0.29, 0.717) is 11.2 Å². The Morgan fingerprint density at radius 3 is 2.72 bits per heavy atom. The Morgan fingerprint density at radius 1 is 1.22 bits per heavy atom. The molecule has 0 saturated heterocycles. The van der Waals surface area contributed by atoms with Gasteiger partial charge in [0.15, 0.2) is 5.16 Å². The van der Waals surface area contributed by atoms with Gasteiger partial charge in [0.05, 0.1) is 0 Å². The molecule has 98 valence electrons. The smallest absolute Gasteiger partial charge is 0.190 e. The number of hydrogen-bond acceptors (Lipinski definition) is 4. The van der Waals surface area contributed by atoms with Crippen molar-refractivity contribution in [2.75, 3.05) is 17.7 Å². The average molecular weight is 284 g/mol. The highest BCUT2D eigenvalue weighted by atomic mass is 35.5. The van der Waals surface area contributed by atoms with Gasteiger partial charge < -0.3 is 4.90 Å². The van der Waals surface area contributed by atoms with Gasteiger partial charge in [-0.3, -0.25) is 0 Å². The van der Waals surface area contributed by atoms with Gasteiger partial charge in [-0.15, -0.1) is 0 Å².